The second kappa shape index (κ2) is 43.4. The van der Waals surface area contributed by atoms with Crippen LogP contribution in [-0.4, -0.2) is 110 Å². The molecule has 1 rings (SSSR count). The number of nitrogens with one attached hydrogen (secondary N) is 1. The molecule has 1 aliphatic rings. The van der Waals surface area contributed by atoms with Crippen molar-refractivity contribution in [3.63, 3.8) is 0 Å². The monoisotopic (exact) mass is 922 g/mol. The third-order valence-corrected chi connectivity index (χ3v) is 12.6. The Morgan fingerprint density at radius 3 is 1.49 bits per heavy atom. The lowest BCUT2D eigenvalue weighted by Gasteiger charge is -2.40. The minimum atomic E-state index is -1.67. The lowest BCUT2D eigenvalue weighted by molar-refractivity contribution is -0.303. The number of carbonyl (C=O) groups is 1. The van der Waals surface area contributed by atoms with Crippen LogP contribution in [0.1, 0.15) is 219 Å². The summed E-state index contributed by atoms with van der Waals surface area (Å²) in [5.74, 6) is -0.715. The highest BCUT2D eigenvalue weighted by Crippen LogP contribution is 2.23. The first-order chi connectivity index (χ1) is 31.7. The highest BCUT2D eigenvalue weighted by atomic mass is 16.7. The molecule has 0 spiro atoms. The SMILES string of the molecule is CCCCC/C=C\C=C/CCCCCCCCCCCC(O)C(=O)NC(COC1OC(CO)C(O)C(O)C1O)C(O)C(O)CCC/C=C/CC/C=C/CCCCCCCCCCCCC. The van der Waals surface area contributed by atoms with Crippen LogP contribution in [0.15, 0.2) is 48.6 Å². The fourth-order valence-corrected chi connectivity index (χ4v) is 8.21. The van der Waals surface area contributed by atoms with Crippen molar-refractivity contribution < 1.29 is 50.0 Å². The topological polar surface area (TPSA) is 189 Å². The second-order valence-corrected chi connectivity index (χ2v) is 18.6. The van der Waals surface area contributed by atoms with E-state index in [2.05, 4.69) is 67.8 Å². The summed E-state index contributed by atoms with van der Waals surface area (Å²) in [6, 6.07) is -1.19. The van der Waals surface area contributed by atoms with E-state index in [1.807, 2.05) is 0 Å². The lowest BCUT2D eigenvalue weighted by Crippen LogP contribution is -2.60. The van der Waals surface area contributed by atoms with E-state index in [9.17, 15) is 40.5 Å². The molecule has 9 unspecified atom stereocenters. The third-order valence-electron chi connectivity index (χ3n) is 12.6. The number of rotatable bonds is 44. The fraction of sp³-hybridized carbons (Fsp3) is 0.833. The summed E-state index contributed by atoms with van der Waals surface area (Å²) >= 11 is 0. The van der Waals surface area contributed by atoms with E-state index in [-0.39, 0.29) is 12.8 Å². The van der Waals surface area contributed by atoms with Gasteiger partial charge >= 0.3 is 0 Å². The van der Waals surface area contributed by atoms with Gasteiger partial charge in [0.25, 0.3) is 0 Å². The Bertz CT molecular complexity index is 1190. The molecule has 9 atom stereocenters. The molecule has 65 heavy (non-hydrogen) atoms. The molecular weight excluding hydrogens is 823 g/mol. The van der Waals surface area contributed by atoms with E-state index >= 15 is 0 Å². The van der Waals surface area contributed by atoms with Crippen LogP contribution in [0.2, 0.25) is 0 Å². The number of carbonyl (C=O) groups excluding carboxylic acids is 1. The molecule has 1 saturated heterocycles. The molecule has 0 bridgehead atoms. The van der Waals surface area contributed by atoms with Crippen LogP contribution in [0.3, 0.4) is 0 Å². The molecule has 0 aromatic heterocycles. The van der Waals surface area contributed by atoms with Crippen LogP contribution < -0.4 is 5.32 Å². The van der Waals surface area contributed by atoms with Gasteiger partial charge in [-0.2, -0.15) is 0 Å². The Morgan fingerprint density at radius 2 is 0.969 bits per heavy atom. The maximum Gasteiger partial charge on any atom is 0.249 e. The molecule has 11 nitrogen and oxygen atoms in total. The van der Waals surface area contributed by atoms with Gasteiger partial charge in [0.05, 0.1) is 25.4 Å². The standard InChI is InChI=1S/C54H99NO10/c1-3-5-7-9-11-13-15-17-19-21-23-24-26-27-29-31-33-35-37-39-41-46(57)49(59)45(44-64-54-52(62)51(61)50(60)48(43-56)65-54)55-53(63)47(58)42-40-38-36-34-32-30-28-25-22-20-18-16-14-12-10-8-6-4-2/h12,14,16,18,26-27,33,35,45-52,54,56-62H,3-11,13,15,17,19-25,28-32,34,36-44H2,1-2H3,(H,55,63)/b14-12-,18-16-,27-26+,35-33+. The number of aliphatic hydroxyl groups excluding tert-OH is 7. The Balaban J connectivity index is 2.42. The van der Waals surface area contributed by atoms with Crippen molar-refractivity contribution in [3.8, 4) is 0 Å². The molecule has 0 aromatic rings. The summed E-state index contributed by atoms with van der Waals surface area (Å²) in [5.41, 5.74) is 0. The summed E-state index contributed by atoms with van der Waals surface area (Å²) in [6.45, 7) is 3.40. The van der Waals surface area contributed by atoms with Crippen molar-refractivity contribution >= 4 is 5.91 Å². The average Bonchev–Trinajstić information content (AvgIpc) is 3.31. The van der Waals surface area contributed by atoms with E-state index in [0.717, 1.165) is 51.4 Å². The minimum absolute atomic E-state index is 0.244. The Morgan fingerprint density at radius 1 is 0.538 bits per heavy atom. The molecule has 11 heteroatoms. The molecule has 0 radical (unpaired) electrons. The number of hydrogen-bond donors (Lipinski definition) is 8. The first kappa shape index (κ1) is 61.1. The van der Waals surface area contributed by atoms with Gasteiger partial charge in [0, 0.05) is 0 Å². The summed E-state index contributed by atoms with van der Waals surface area (Å²) < 4.78 is 11.1. The van der Waals surface area contributed by atoms with Crippen LogP contribution >= 0.6 is 0 Å². The molecule has 1 fully saturated rings. The molecule has 0 aliphatic carbocycles. The molecule has 1 amide bonds. The largest absolute Gasteiger partial charge is 0.394 e. The summed E-state index contributed by atoms with van der Waals surface area (Å²) in [5, 5.41) is 75.9. The molecule has 8 N–H and O–H groups in total. The second-order valence-electron chi connectivity index (χ2n) is 18.6. The predicted octanol–water partition coefficient (Wildman–Crippen LogP) is 10.1. The zero-order chi connectivity index (χ0) is 47.6. The maximum absolute atomic E-state index is 13.1. The molecule has 1 heterocycles. The van der Waals surface area contributed by atoms with Gasteiger partial charge < -0.3 is 50.5 Å². The number of amides is 1. The van der Waals surface area contributed by atoms with Crippen LogP contribution in [0.5, 0.6) is 0 Å². The van der Waals surface area contributed by atoms with Gasteiger partial charge in [-0.05, 0) is 77.0 Å². The lowest BCUT2D eigenvalue weighted by atomic mass is 9.98. The number of hydrogen-bond acceptors (Lipinski definition) is 10. The van der Waals surface area contributed by atoms with Crippen LogP contribution in [0.25, 0.3) is 0 Å². The van der Waals surface area contributed by atoms with Crippen LogP contribution in [0, 0.1) is 0 Å². The van der Waals surface area contributed by atoms with Crippen LogP contribution in [0.4, 0.5) is 0 Å². The first-order valence-corrected chi connectivity index (χ1v) is 26.6. The van der Waals surface area contributed by atoms with Gasteiger partial charge in [-0.3, -0.25) is 4.79 Å². The quantitative estimate of drug-likeness (QED) is 0.0166. The summed E-state index contributed by atoms with van der Waals surface area (Å²) in [6.07, 6.45) is 41.5. The predicted molar refractivity (Wildman–Crippen MR) is 265 cm³/mol. The third kappa shape index (κ3) is 32.5. The molecule has 380 valence electrons. The molecular formula is C54H99NO10. The normalized spacial score (nSPS) is 21.3. The van der Waals surface area contributed by atoms with Crippen molar-refractivity contribution in [2.45, 2.75) is 274 Å². The minimum Gasteiger partial charge on any atom is -0.394 e. The van der Waals surface area contributed by atoms with E-state index in [4.69, 9.17) is 9.47 Å². The van der Waals surface area contributed by atoms with Crippen molar-refractivity contribution in [3.05, 3.63) is 48.6 Å². The van der Waals surface area contributed by atoms with E-state index in [1.54, 1.807) is 0 Å². The van der Waals surface area contributed by atoms with Gasteiger partial charge in [-0.15, -0.1) is 0 Å². The van der Waals surface area contributed by atoms with E-state index in [1.165, 1.54) is 122 Å². The number of unbranched alkanes of at least 4 members (excludes halogenated alkanes) is 25. The fourth-order valence-electron chi connectivity index (χ4n) is 8.21. The average molecular weight is 922 g/mol. The first-order valence-electron chi connectivity index (χ1n) is 26.6. The number of aliphatic hydroxyl groups is 7. The zero-order valence-corrected chi connectivity index (χ0v) is 41.2. The zero-order valence-electron chi connectivity index (χ0n) is 41.2. The van der Waals surface area contributed by atoms with E-state index < -0.39 is 74.2 Å². The highest BCUT2D eigenvalue weighted by molar-refractivity contribution is 5.80. The van der Waals surface area contributed by atoms with Gasteiger partial charge in [0.15, 0.2) is 6.29 Å². The number of allylic oxidation sites excluding steroid dienone is 8. The van der Waals surface area contributed by atoms with Crippen molar-refractivity contribution in [1.29, 1.82) is 0 Å². The highest BCUT2D eigenvalue weighted by Gasteiger charge is 2.44. The molecule has 0 aromatic carbocycles. The Labute approximate surface area is 396 Å². The van der Waals surface area contributed by atoms with Gasteiger partial charge in [0.2, 0.25) is 5.91 Å². The summed E-state index contributed by atoms with van der Waals surface area (Å²) in [4.78, 5) is 13.1. The smallest absolute Gasteiger partial charge is 0.249 e. The number of ether oxygens (including phenoxy) is 2. The molecule has 1 aliphatic heterocycles. The van der Waals surface area contributed by atoms with Crippen molar-refractivity contribution in [2.24, 2.45) is 0 Å². The van der Waals surface area contributed by atoms with Gasteiger partial charge in [-0.25, -0.2) is 0 Å². The Kier molecular flexibility index (Phi) is 40.7. The maximum atomic E-state index is 13.1. The van der Waals surface area contributed by atoms with Crippen molar-refractivity contribution in [2.75, 3.05) is 13.2 Å². The van der Waals surface area contributed by atoms with Gasteiger partial charge in [-0.1, -0.05) is 191 Å². The van der Waals surface area contributed by atoms with Crippen LogP contribution in [-0.2, 0) is 14.3 Å². The Hall–Kier alpha value is -1.93. The van der Waals surface area contributed by atoms with E-state index in [0.29, 0.717) is 19.3 Å². The van der Waals surface area contributed by atoms with Crippen molar-refractivity contribution in [1.82, 2.24) is 5.32 Å². The molecule has 0 saturated carbocycles. The summed E-state index contributed by atoms with van der Waals surface area (Å²) in [7, 11) is 0. The van der Waals surface area contributed by atoms with Gasteiger partial charge in [0.1, 0.15) is 36.6 Å².